The van der Waals surface area contributed by atoms with Crippen LogP contribution < -0.4 is 4.90 Å². The Morgan fingerprint density at radius 1 is 1.17 bits per heavy atom. The van der Waals surface area contributed by atoms with Crippen LogP contribution in [-0.4, -0.2) is 39.2 Å². The lowest BCUT2D eigenvalue weighted by Gasteiger charge is -2.33. The first kappa shape index (κ1) is 13.6. The highest BCUT2D eigenvalue weighted by molar-refractivity contribution is 5.92. The van der Waals surface area contributed by atoms with Gasteiger partial charge in [0.25, 0.3) is 0 Å². The maximum atomic E-state index is 11.1. The summed E-state index contributed by atoms with van der Waals surface area (Å²) in [6.07, 6.45) is 1.22. The van der Waals surface area contributed by atoms with E-state index in [9.17, 15) is 9.90 Å². The third-order valence-corrected chi connectivity index (χ3v) is 4.19. The second kappa shape index (κ2) is 5.01. The van der Waals surface area contributed by atoms with E-state index in [0.29, 0.717) is 11.4 Å². The fourth-order valence-corrected chi connectivity index (χ4v) is 2.76. The Hall–Kier alpha value is -3.02. The van der Waals surface area contributed by atoms with Gasteiger partial charge in [-0.1, -0.05) is 0 Å². The molecule has 2 aromatic carbocycles. The minimum Gasteiger partial charge on any atom is -0.507 e. The molecule has 0 radical (unpaired) electrons. The number of fused-ring (bicyclic) bond motifs is 1. The Balaban J connectivity index is 1.77. The van der Waals surface area contributed by atoms with Gasteiger partial charge in [0.15, 0.2) is 0 Å². The summed E-state index contributed by atoms with van der Waals surface area (Å²) in [7, 11) is 0. The van der Waals surface area contributed by atoms with Gasteiger partial charge in [0, 0.05) is 24.3 Å². The summed E-state index contributed by atoms with van der Waals surface area (Å²) in [5, 5.41) is 18.7. The minimum absolute atomic E-state index is 0.135. The molecule has 3 N–H and O–H groups in total. The van der Waals surface area contributed by atoms with Gasteiger partial charge < -0.3 is 20.1 Å². The molecule has 0 unspecified atom stereocenters. The largest absolute Gasteiger partial charge is 0.507 e. The van der Waals surface area contributed by atoms with Crippen LogP contribution >= 0.6 is 0 Å². The number of hydrogen-bond acceptors (Lipinski definition) is 4. The van der Waals surface area contributed by atoms with Gasteiger partial charge in [-0.05, 0) is 42.8 Å². The van der Waals surface area contributed by atoms with Gasteiger partial charge in [-0.3, -0.25) is 0 Å². The number of H-pyrrole nitrogens is 1. The number of imidazole rings is 1. The maximum absolute atomic E-state index is 11.1. The predicted octanol–water partition coefficient (Wildman–Crippen LogP) is 2.84. The molecule has 1 aromatic heterocycles. The lowest BCUT2D eigenvalue weighted by Crippen LogP contribution is -2.36. The first-order valence-electron chi connectivity index (χ1n) is 7.43. The highest BCUT2D eigenvalue weighted by Gasteiger charge is 2.16. The minimum atomic E-state index is -1.17. The molecule has 3 aromatic rings. The lowest BCUT2D eigenvalue weighted by atomic mass is 10.1. The number of carbonyl (C=O) groups is 1. The Morgan fingerprint density at radius 3 is 2.70 bits per heavy atom. The van der Waals surface area contributed by atoms with Crippen LogP contribution in [0, 0.1) is 0 Å². The van der Waals surface area contributed by atoms with Crippen molar-refractivity contribution < 1.29 is 15.0 Å². The number of carboxylic acids is 1. The van der Waals surface area contributed by atoms with Crippen molar-refractivity contribution in [1.82, 2.24) is 9.97 Å². The quantitative estimate of drug-likeness (QED) is 0.692. The average Bonchev–Trinajstić information content (AvgIpc) is 2.88. The van der Waals surface area contributed by atoms with E-state index in [4.69, 9.17) is 5.11 Å². The maximum Gasteiger partial charge on any atom is 0.339 e. The fraction of sp³-hybridized carbons (Fsp3) is 0.176. The number of nitrogens with one attached hydrogen (secondary N) is 1. The van der Waals surface area contributed by atoms with Gasteiger partial charge in [-0.25, -0.2) is 9.78 Å². The SMILES string of the molecule is O=C(O)c1cc(-c2nc3cc(N4CCC4)ccc3[nH]2)ccc1O. The molecule has 0 spiro atoms. The smallest absolute Gasteiger partial charge is 0.339 e. The number of hydrogen-bond donors (Lipinski definition) is 3. The number of aromatic nitrogens is 2. The molecule has 116 valence electrons. The molecular formula is C17H15N3O3. The summed E-state index contributed by atoms with van der Waals surface area (Å²) in [4.78, 5) is 21.2. The number of anilines is 1. The zero-order valence-electron chi connectivity index (χ0n) is 12.3. The molecule has 6 heteroatoms. The Kier molecular flexibility index (Phi) is 2.97. The van der Waals surface area contributed by atoms with Crippen molar-refractivity contribution in [2.75, 3.05) is 18.0 Å². The summed E-state index contributed by atoms with van der Waals surface area (Å²) < 4.78 is 0. The molecular weight excluding hydrogens is 294 g/mol. The van der Waals surface area contributed by atoms with Crippen molar-refractivity contribution >= 4 is 22.7 Å². The molecule has 0 atom stereocenters. The second-order valence-corrected chi connectivity index (χ2v) is 5.66. The molecule has 0 amide bonds. The predicted molar refractivity (Wildman–Crippen MR) is 87.0 cm³/mol. The van der Waals surface area contributed by atoms with Crippen LogP contribution in [-0.2, 0) is 0 Å². The molecule has 6 nitrogen and oxygen atoms in total. The van der Waals surface area contributed by atoms with Crippen molar-refractivity contribution in [3.63, 3.8) is 0 Å². The molecule has 1 fully saturated rings. The van der Waals surface area contributed by atoms with Crippen LogP contribution in [0.4, 0.5) is 5.69 Å². The summed E-state index contributed by atoms with van der Waals surface area (Å²) in [5.41, 5.74) is 3.38. The summed E-state index contributed by atoms with van der Waals surface area (Å²) in [5.74, 6) is -0.832. The standard InChI is InChI=1S/C17H15N3O3/c21-15-5-2-10(8-12(15)17(22)23)16-18-13-4-3-11(9-14(13)19-16)20-6-1-7-20/h2-5,8-9,21H,1,6-7H2,(H,18,19)(H,22,23). The normalized spacial score (nSPS) is 14.0. The van der Waals surface area contributed by atoms with E-state index in [1.165, 1.54) is 18.6 Å². The molecule has 23 heavy (non-hydrogen) atoms. The van der Waals surface area contributed by atoms with Crippen LogP contribution in [0.15, 0.2) is 36.4 Å². The molecule has 1 aliphatic rings. The molecule has 2 heterocycles. The number of benzene rings is 2. The van der Waals surface area contributed by atoms with Crippen LogP contribution in [0.25, 0.3) is 22.4 Å². The number of aromatic amines is 1. The first-order chi connectivity index (χ1) is 11.1. The Morgan fingerprint density at radius 2 is 2.00 bits per heavy atom. The van der Waals surface area contributed by atoms with E-state index in [0.717, 1.165) is 29.8 Å². The molecule has 0 aliphatic carbocycles. The van der Waals surface area contributed by atoms with Crippen molar-refractivity contribution in [2.24, 2.45) is 0 Å². The van der Waals surface area contributed by atoms with Gasteiger partial charge in [0.1, 0.15) is 17.1 Å². The van der Waals surface area contributed by atoms with E-state index >= 15 is 0 Å². The number of aromatic hydroxyl groups is 1. The topological polar surface area (TPSA) is 89.5 Å². The molecule has 0 bridgehead atoms. The van der Waals surface area contributed by atoms with Crippen molar-refractivity contribution in [2.45, 2.75) is 6.42 Å². The number of phenols is 1. The Labute approximate surface area is 132 Å². The monoisotopic (exact) mass is 309 g/mol. The van der Waals surface area contributed by atoms with Gasteiger partial charge in [0.2, 0.25) is 0 Å². The van der Waals surface area contributed by atoms with Gasteiger partial charge >= 0.3 is 5.97 Å². The van der Waals surface area contributed by atoms with E-state index in [-0.39, 0.29) is 11.3 Å². The zero-order valence-corrected chi connectivity index (χ0v) is 12.3. The van der Waals surface area contributed by atoms with Gasteiger partial charge in [0.05, 0.1) is 11.0 Å². The van der Waals surface area contributed by atoms with Crippen molar-refractivity contribution in [3.05, 3.63) is 42.0 Å². The summed E-state index contributed by atoms with van der Waals surface area (Å²) >= 11 is 0. The third kappa shape index (κ3) is 2.28. The van der Waals surface area contributed by atoms with Crippen molar-refractivity contribution in [1.29, 1.82) is 0 Å². The van der Waals surface area contributed by atoms with Crippen molar-refractivity contribution in [3.8, 4) is 17.1 Å². The molecule has 1 aliphatic heterocycles. The molecule has 1 saturated heterocycles. The molecule has 4 rings (SSSR count). The molecule has 0 saturated carbocycles. The van der Waals surface area contributed by atoms with Gasteiger partial charge in [-0.15, -0.1) is 0 Å². The third-order valence-electron chi connectivity index (χ3n) is 4.19. The summed E-state index contributed by atoms with van der Waals surface area (Å²) in [6.45, 7) is 2.14. The van der Waals surface area contributed by atoms with Crippen LogP contribution in [0.3, 0.4) is 0 Å². The number of rotatable bonds is 3. The van der Waals surface area contributed by atoms with E-state index in [1.807, 2.05) is 12.1 Å². The number of nitrogens with zero attached hydrogens (tertiary/aromatic N) is 2. The fourth-order valence-electron chi connectivity index (χ4n) is 2.76. The van der Waals surface area contributed by atoms with E-state index < -0.39 is 5.97 Å². The van der Waals surface area contributed by atoms with Gasteiger partial charge in [-0.2, -0.15) is 0 Å². The van der Waals surface area contributed by atoms with E-state index in [1.54, 1.807) is 6.07 Å². The van der Waals surface area contributed by atoms with Crippen LogP contribution in [0.5, 0.6) is 5.75 Å². The van der Waals surface area contributed by atoms with E-state index in [2.05, 4.69) is 20.9 Å². The lowest BCUT2D eigenvalue weighted by molar-refractivity contribution is 0.0694. The van der Waals surface area contributed by atoms with Crippen LogP contribution in [0.2, 0.25) is 0 Å². The highest BCUT2D eigenvalue weighted by Crippen LogP contribution is 2.28. The second-order valence-electron chi connectivity index (χ2n) is 5.66. The average molecular weight is 309 g/mol. The Bertz CT molecular complexity index is 913. The summed E-state index contributed by atoms with van der Waals surface area (Å²) in [6, 6.07) is 10.5. The number of carboxylic acid groups (broad SMARTS) is 1. The number of aromatic carboxylic acids is 1. The zero-order chi connectivity index (χ0) is 16.0. The highest BCUT2D eigenvalue weighted by atomic mass is 16.4. The first-order valence-corrected chi connectivity index (χ1v) is 7.43. The van der Waals surface area contributed by atoms with Crippen LogP contribution in [0.1, 0.15) is 16.8 Å².